The SMILES string of the molecule is COc1ccc(NC(=O)COC(=O)c2ccc(N3CCCC3)c([N+](=O)[O-])c2)c(OC)c1. The van der Waals surface area contributed by atoms with E-state index in [4.69, 9.17) is 14.2 Å². The Morgan fingerprint density at radius 2 is 1.84 bits per heavy atom. The number of nitrogens with one attached hydrogen (secondary N) is 1. The Kier molecular flexibility index (Phi) is 6.91. The van der Waals surface area contributed by atoms with Gasteiger partial charge in [-0.3, -0.25) is 14.9 Å². The zero-order valence-electron chi connectivity index (χ0n) is 17.3. The van der Waals surface area contributed by atoms with E-state index in [0.717, 1.165) is 25.9 Å². The number of ether oxygens (including phenoxy) is 3. The highest BCUT2D eigenvalue weighted by atomic mass is 16.6. The van der Waals surface area contributed by atoms with Gasteiger partial charge in [0.15, 0.2) is 6.61 Å². The van der Waals surface area contributed by atoms with Crippen molar-refractivity contribution in [1.29, 1.82) is 0 Å². The van der Waals surface area contributed by atoms with E-state index in [2.05, 4.69) is 5.32 Å². The van der Waals surface area contributed by atoms with Gasteiger partial charge in [-0.05, 0) is 37.1 Å². The average molecular weight is 429 g/mol. The van der Waals surface area contributed by atoms with Gasteiger partial charge in [0.1, 0.15) is 17.2 Å². The number of carbonyl (C=O) groups excluding carboxylic acids is 2. The summed E-state index contributed by atoms with van der Waals surface area (Å²) in [5.41, 5.74) is 0.701. The Bertz CT molecular complexity index is 987. The van der Waals surface area contributed by atoms with Crippen molar-refractivity contribution in [3.8, 4) is 11.5 Å². The molecule has 0 bridgehead atoms. The topological polar surface area (TPSA) is 120 Å². The number of amides is 1. The number of esters is 1. The number of carbonyl (C=O) groups is 2. The van der Waals surface area contributed by atoms with Gasteiger partial charge < -0.3 is 24.4 Å². The molecule has 3 rings (SSSR count). The van der Waals surface area contributed by atoms with Gasteiger partial charge in [0.05, 0.1) is 30.4 Å². The van der Waals surface area contributed by atoms with E-state index in [1.165, 1.54) is 26.4 Å². The number of methoxy groups -OCH3 is 2. The quantitative estimate of drug-likeness (QED) is 0.386. The van der Waals surface area contributed by atoms with Crippen molar-refractivity contribution in [2.45, 2.75) is 12.8 Å². The fourth-order valence-electron chi connectivity index (χ4n) is 3.32. The van der Waals surface area contributed by atoms with Crippen LogP contribution in [0.3, 0.4) is 0 Å². The molecule has 10 heteroatoms. The molecule has 1 amide bonds. The van der Waals surface area contributed by atoms with Crippen molar-refractivity contribution in [2.75, 3.05) is 44.1 Å². The normalized spacial score (nSPS) is 12.9. The number of rotatable bonds is 8. The minimum atomic E-state index is -0.826. The molecule has 0 radical (unpaired) electrons. The number of hydrogen-bond donors (Lipinski definition) is 1. The smallest absolute Gasteiger partial charge is 0.338 e. The summed E-state index contributed by atoms with van der Waals surface area (Å²) in [6.07, 6.45) is 1.93. The van der Waals surface area contributed by atoms with Crippen LogP contribution >= 0.6 is 0 Å². The van der Waals surface area contributed by atoms with Crippen LogP contribution < -0.4 is 19.7 Å². The van der Waals surface area contributed by atoms with Crippen molar-refractivity contribution in [3.63, 3.8) is 0 Å². The molecule has 0 aromatic heterocycles. The van der Waals surface area contributed by atoms with E-state index in [9.17, 15) is 19.7 Å². The van der Waals surface area contributed by atoms with Crippen molar-refractivity contribution >= 4 is 28.9 Å². The van der Waals surface area contributed by atoms with Crippen molar-refractivity contribution < 1.29 is 28.7 Å². The predicted molar refractivity (Wildman–Crippen MR) is 113 cm³/mol. The second-order valence-electron chi connectivity index (χ2n) is 6.85. The van der Waals surface area contributed by atoms with Crippen LogP contribution in [0.1, 0.15) is 23.2 Å². The summed E-state index contributed by atoms with van der Waals surface area (Å²) in [5, 5.41) is 14.1. The van der Waals surface area contributed by atoms with Crippen LogP contribution in [0.25, 0.3) is 0 Å². The third-order valence-electron chi connectivity index (χ3n) is 4.87. The fraction of sp³-hybridized carbons (Fsp3) is 0.333. The monoisotopic (exact) mass is 429 g/mol. The van der Waals surface area contributed by atoms with E-state index in [1.54, 1.807) is 24.3 Å². The first-order valence-corrected chi connectivity index (χ1v) is 9.65. The molecule has 10 nitrogen and oxygen atoms in total. The van der Waals surface area contributed by atoms with Crippen LogP contribution in [0.15, 0.2) is 36.4 Å². The maximum absolute atomic E-state index is 12.3. The Labute approximate surface area is 178 Å². The lowest BCUT2D eigenvalue weighted by Crippen LogP contribution is -2.22. The lowest BCUT2D eigenvalue weighted by Gasteiger charge is -2.17. The standard InChI is InChI=1S/C21H23N3O7/c1-29-15-6-7-16(19(12-15)30-2)22-20(25)13-31-21(26)14-5-8-17(18(11-14)24(27)28)23-9-3-4-10-23/h5-8,11-12H,3-4,9-10,13H2,1-2H3,(H,22,25). The molecule has 1 fully saturated rings. The molecule has 31 heavy (non-hydrogen) atoms. The Balaban J connectivity index is 1.64. The van der Waals surface area contributed by atoms with Crippen LogP contribution in [-0.2, 0) is 9.53 Å². The van der Waals surface area contributed by atoms with E-state index in [0.29, 0.717) is 22.9 Å². The molecule has 1 aliphatic heterocycles. The fourth-order valence-corrected chi connectivity index (χ4v) is 3.32. The first kappa shape index (κ1) is 21.9. The molecule has 164 valence electrons. The molecular weight excluding hydrogens is 406 g/mol. The van der Waals surface area contributed by atoms with Crippen molar-refractivity contribution in [2.24, 2.45) is 0 Å². The molecule has 1 saturated heterocycles. The van der Waals surface area contributed by atoms with Crippen molar-refractivity contribution in [3.05, 3.63) is 52.1 Å². The summed E-state index contributed by atoms with van der Waals surface area (Å²) < 4.78 is 15.3. The third kappa shape index (κ3) is 5.21. The lowest BCUT2D eigenvalue weighted by molar-refractivity contribution is -0.384. The summed E-state index contributed by atoms with van der Waals surface area (Å²) in [5.74, 6) is -0.472. The molecule has 0 unspecified atom stereocenters. The summed E-state index contributed by atoms with van der Waals surface area (Å²) >= 11 is 0. The minimum Gasteiger partial charge on any atom is -0.497 e. The zero-order chi connectivity index (χ0) is 22.4. The number of nitro benzene ring substituents is 1. The number of nitro groups is 1. The number of hydrogen-bond acceptors (Lipinski definition) is 8. The summed E-state index contributed by atoms with van der Waals surface area (Å²) in [6.45, 7) is 0.912. The second-order valence-corrected chi connectivity index (χ2v) is 6.85. The van der Waals surface area contributed by atoms with Gasteiger partial charge in [0.25, 0.3) is 11.6 Å². The third-order valence-corrected chi connectivity index (χ3v) is 4.87. The maximum atomic E-state index is 12.3. The zero-order valence-corrected chi connectivity index (χ0v) is 17.3. The van der Waals surface area contributed by atoms with Crippen LogP contribution in [-0.4, -0.2) is 50.7 Å². The molecule has 2 aromatic rings. The first-order chi connectivity index (χ1) is 14.9. The number of benzene rings is 2. The van der Waals surface area contributed by atoms with E-state index in [-0.39, 0.29) is 11.3 Å². The van der Waals surface area contributed by atoms with Gasteiger partial charge in [-0.1, -0.05) is 0 Å². The second kappa shape index (κ2) is 9.79. The van der Waals surface area contributed by atoms with E-state index < -0.39 is 23.4 Å². The molecular formula is C21H23N3O7. The van der Waals surface area contributed by atoms with Gasteiger partial charge in [-0.15, -0.1) is 0 Å². The van der Waals surface area contributed by atoms with Gasteiger partial charge in [-0.25, -0.2) is 4.79 Å². The minimum absolute atomic E-state index is 0.00414. The summed E-state index contributed by atoms with van der Waals surface area (Å²) in [4.78, 5) is 37.4. The maximum Gasteiger partial charge on any atom is 0.338 e. The van der Waals surface area contributed by atoms with Crippen LogP contribution in [0.5, 0.6) is 11.5 Å². The Morgan fingerprint density at radius 1 is 1.10 bits per heavy atom. The van der Waals surface area contributed by atoms with Crippen LogP contribution in [0, 0.1) is 10.1 Å². The van der Waals surface area contributed by atoms with Crippen LogP contribution in [0.4, 0.5) is 17.1 Å². The Morgan fingerprint density at radius 3 is 2.48 bits per heavy atom. The summed E-state index contributed by atoms with van der Waals surface area (Å²) in [7, 11) is 2.96. The number of anilines is 2. The van der Waals surface area contributed by atoms with Gasteiger partial charge in [0.2, 0.25) is 0 Å². The molecule has 1 heterocycles. The highest BCUT2D eigenvalue weighted by molar-refractivity contribution is 5.97. The Hall–Kier alpha value is -3.82. The molecule has 2 aromatic carbocycles. The lowest BCUT2D eigenvalue weighted by atomic mass is 10.1. The molecule has 0 aliphatic carbocycles. The van der Waals surface area contributed by atoms with Crippen molar-refractivity contribution in [1.82, 2.24) is 0 Å². The first-order valence-electron chi connectivity index (χ1n) is 9.65. The molecule has 0 saturated carbocycles. The largest absolute Gasteiger partial charge is 0.497 e. The number of nitrogens with zero attached hydrogens (tertiary/aromatic N) is 2. The molecule has 0 spiro atoms. The highest BCUT2D eigenvalue weighted by Crippen LogP contribution is 2.32. The van der Waals surface area contributed by atoms with Gasteiger partial charge in [-0.2, -0.15) is 0 Å². The molecule has 0 atom stereocenters. The highest BCUT2D eigenvalue weighted by Gasteiger charge is 2.24. The van der Waals surface area contributed by atoms with Crippen LogP contribution in [0.2, 0.25) is 0 Å². The average Bonchev–Trinajstić information content (AvgIpc) is 3.32. The van der Waals surface area contributed by atoms with E-state index >= 15 is 0 Å². The molecule has 1 aliphatic rings. The van der Waals surface area contributed by atoms with Gasteiger partial charge >= 0.3 is 5.97 Å². The predicted octanol–water partition coefficient (Wildman–Crippen LogP) is 3.01. The summed E-state index contributed by atoms with van der Waals surface area (Å²) in [6, 6.07) is 9.03. The molecule has 1 N–H and O–H groups in total. The van der Waals surface area contributed by atoms with E-state index in [1.807, 2.05) is 4.90 Å². The van der Waals surface area contributed by atoms with Gasteiger partial charge in [0, 0.05) is 25.2 Å².